The van der Waals surface area contributed by atoms with Gasteiger partial charge in [0.15, 0.2) is 0 Å². The minimum Gasteiger partial charge on any atom is -0.266 e. The molecule has 19 heavy (non-hydrogen) atoms. The van der Waals surface area contributed by atoms with E-state index < -0.39 is 0 Å². The molecule has 3 nitrogen and oxygen atoms in total. The highest BCUT2D eigenvalue weighted by molar-refractivity contribution is 7.18. The molecule has 0 saturated carbocycles. The predicted octanol–water partition coefficient (Wildman–Crippen LogP) is 4.40. The van der Waals surface area contributed by atoms with Crippen LogP contribution < -0.4 is 5.43 Å². The van der Waals surface area contributed by atoms with E-state index >= 15 is 0 Å². The maximum absolute atomic E-state index is 11.8. The van der Waals surface area contributed by atoms with E-state index in [9.17, 15) is 4.79 Å². The molecule has 100 valence electrons. The van der Waals surface area contributed by atoms with Crippen molar-refractivity contribution in [1.82, 2.24) is 5.43 Å². The third-order valence-corrected chi connectivity index (χ3v) is 4.53. The van der Waals surface area contributed by atoms with E-state index in [0.29, 0.717) is 4.88 Å². The average molecular weight is 313 g/mol. The molecule has 0 spiro atoms. The van der Waals surface area contributed by atoms with Crippen LogP contribution in [0.5, 0.6) is 0 Å². The molecule has 2 aromatic heterocycles. The molecule has 0 aromatic carbocycles. The number of carbonyl (C=O) groups excluding carboxylic acids is 1. The second-order valence-electron chi connectivity index (χ2n) is 3.83. The van der Waals surface area contributed by atoms with E-state index in [1.807, 2.05) is 23.6 Å². The summed E-state index contributed by atoms with van der Waals surface area (Å²) in [7, 11) is 0. The van der Waals surface area contributed by atoms with Crippen molar-refractivity contribution in [3.63, 3.8) is 0 Å². The molecule has 0 unspecified atom stereocenters. The lowest BCUT2D eigenvalue weighted by molar-refractivity contribution is 0.0959. The Kier molecular flexibility index (Phi) is 5.13. The van der Waals surface area contributed by atoms with E-state index in [4.69, 9.17) is 11.6 Å². The largest absolute Gasteiger partial charge is 0.281 e. The Morgan fingerprint density at radius 2 is 2.21 bits per heavy atom. The SMILES string of the molecule is CCCC(=NNC(=O)c1cccs1)c1ccc(Cl)s1. The van der Waals surface area contributed by atoms with E-state index in [1.165, 1.54) is 22.7 Å². The van der Waals surface area contributed by atoms with Gasteiger partial charge in [-0.3, -0.25) is 4.79 Å². The maximum atomic E-state index is 11.8. The van der Waals surface area contributed by atoms with E-state index in [1.54, 1.807) is 6.07 Å². The monoisotopic (exact) mass is 312 g/mol. The number of rotatable bonds is 5. The fourth-order valence-electron chi connectivity index (χ4n) is 1.52. The van der Waals surface area contributed by atoms with Crippen molar-refractivity contribution in [2.24, 2.45) is 5.10 Å². The van der Waals surface area contributed by atoms with Gasteiger partial charge in [-0.1, -0.05) is 31.0 Å². The highest BCUT2D eigenvalue weighted by Gasteiger charge is 2.09. The first-order valence-electron chi connectivity index (χ1n) is 5.87. The molecule has 0 bridgehead atoms. The van der Waals surface area contributed by atoms with Gasteiger partial charge in [0.25, 0.3) is 5.91 Å². The second kappa shape index (κ2) is 6.84. The summed E-state index contributed by atoms with van der Waals surface area (Å²) in [5.41, 5.74) is 3.47. The number of thiophene rings is 2. The third-order valence-electron chi connectivity index (χ3n) is 2.38. The number of hydrogen-bond acceptors (Lipinski definition) is 4. The Bertz CT molecular complexity index is 575. The van der Waals surface area contributed by atoms with Crippen LogP contribution >= 0.6 is 34.3 Å². The Hall–Kier alpha value is -1.17. The van der Waals surface area contributed by atoms with Crippen LogP contribution in [0.4, 0.5) is 0 Å². The Balaban J connectivity index is 2.11. The van der Waals surface area contributed by atoms with Crippen molar-refractivity contribution in [2.45, 2.75) is 19.8 Å². The predicted molar refractivity (Wildman–Crippen MR) is 82.6 cm³/mol. The molecule has 2 heterocycles. The summed E-state index contributed by atoms with van der Waals surface area (Å²) in [4.78, 5) is 13.5. The van der Waals surface area contributed by atoms with Gasteiger partial charge in [-0.15, -0.1) is 22.7 Å². The molecular formula is C13H13ClN2OS2. The topological polar surface area (TPSA) is 41.5 Å². The van der Waals surface area contributed by atoms with E-state index in [0.717, 1.165) is 27.8 Å². The van der Waals surface area contributed by atoms with Crippen molar-refractivity contribution in [3.05, 3.63) is 43.7 Å². The van der Waals surface area contributed by atoms with Gasteiger partial charge in [-0.2, -0.15) is 5.10 Å². The summed E-state index contributed by atoms with van der Waals surface area (Å²) in [5.74, 6) is -0.175. The van der Waals surface area contributed by atoms with Gasteiger partial charge in [0, 0.05) is 0 Å². The van der Waals surface area contributed by atoms with Crippen LogP contribution in [0.15, 0.2) is 34.7 Å². The number of halogens is 1. The summed E-state index contributed by atoms with van der Waals surface area (Å²) in [6.07, 6.45) is 1.77. The molecule has 0 aliphatic rings. The Labute approximate surface area is 124 Å². The maximum Gasteiger partial charge on any atom is 0.281 e. The van der Waals surface area contributed by atoms with Crippen molar-refractivity contribution in [2.75, 3.05) is 0 Å². The van der Waals surface area contributed by atoms with Crippen LogP contribution in [0.1, 0.15) is 34.3 Å². The first-order chi connectivity index (χ1) is 9.20. The zero-order valence-corrected chi connectivity index (χ0v) is 12.7. The quantitative estimate of drug-likeness (QED) is 0.645. The summed E-state index contributed by atoms with van der Waals surface area (Å²) in [6, 6.07) is 7.39. The molecule has 2 rings (SSSR count). The summed E-state index contributed by atoms with van der Waals surface area (Å²) in [5, 5.41) is 6.09. The number of amides is 1. The smallest absolute Gasteiger partial charge is 0.266 e. The molecule has 0 aliphatic heterocycles. The van der Waals surface area contributed by atoms with Crippen molar-refractivity contribution in [1.29, 1.82) is 0 Å². The lowest BCUT2D eigenvalue weighted by Crippen LogP contribution is -2.18. The van der Waals surface area contributed by atoms with Crippen LogP contribution in [0.2, 0.25) is 4.34 Å². The lowest BCUT2D eigenvalue weighted by atomic mass is 10.2. The molecule has 1 amide bonds. The van der Waals surface area contributed by atoms with Crippen LogP contribution in [0, 0.1) is 0 Å². The number of hydrogen-bond donors (Lipinski definition) is 1. The molecule has 0 aliphatic carbocycles. The molecule has 0 fully saturated rings. The molecule has 0 atom stereocenters. The zero-order valence-electron chi connectivity index (χ0n) is 10.4. The van der Waals surface area contributed by atoms with Crippen LogP contribution in [-0.4, -0.2) is 11.6 Å². The number of nitrogens with zero attached hydrogens (tertiary/aromatic N) is 1. The Morgan fingerprint density at radius 1 is 1.37 bits per heavy atom. The molecule has 1 N–H and O–H groups in total. The number of hydrazone groups is 1. The van der Waals surface area contributed by atoms with Crippen molar-refractivity contribution < 1.29 is 4.79 Å². The summed E-state index contributed by atoms with van der Waals surface area (Å²) < 4.78 is 0.725. The molecular weight excluding hydrogens is 300 g/mol. The van der Waals surface area contributed by atoms with Gasteiger partial charge in [0.05, 0.1) is 19.8 Å². The minimum absolute atomic E-state index is 0.175. The Morgan fingerprint density at radius 3 is 2.79 bits per heavy atom. The first-order valence-corrected chi connectivity index (χ1v) is 7.94. The number of nitrogens with one attached hydrogen (secondary N) is 1. The standard InChI is InChI=1S/C13H13ClN2OS2/c1-2-4-9(10-6-7-12(14)19-10)15-16-13(17)11-5-3-8-18-11/h3,5-8H,2,4H2,1H3,(H,16,17). The van der Waals surface area contributed by atoms with Gasteiger partial charge < -0.3 is 0 Å². The van der Waals surface area contributed by atoms with Gasteiger partial charge in [0.2, 0.25) is 0 Å². The second-order valence-corrected chi connectivity index (χ2v) is 6.49. The summed E-state index contributed by atoms with van der Waals surface area (Å²) >= 11 is 8.79. The van der Waals surface area contributed by atoms with Gasteiger partial charge in [-0.25, -0.2) is 5.43 Å². The van der Waals surface area contributed by atoms with Crippen LogP contribution in [0.3, 0.4) is 0 Å². The number of carbonyl (C=O) groups is 1. The third kappa shape index (κ3) is 3.89. The van der Waals surface area contributed by atoms with Crippen LogP contribution in [-0.2, 0) is 0 Å². The van der Waals surface area contributed by atoms with Gasteiger partial charge in [-0.05, 0) is 30.0 Å². The average Bonchev–Trinajstić information content (AvgIpc) is 3.05. The summed E-state index contributed by atoms with van der Waals surface area (Å²) in [6.45, 7) is 2.08. The van der Waals surface area contributed by atoms with Gasteiger partial charge in [0.1, 0.15) is 0 Å². The van der Waals surface area contributed by atoms with E-state index in [-0.39, 0.29) is 5.91 Å². The normalized spacial score (nSPS) is 11.6. The van der Waals surface area contributed by atoms with Gasteiger partial charge >= 0.3 is 0 Å². The molecule has 2 aromatic rings. The fraction of sp³-hybridized carbons (Fsp3) is 0.231. The molecule has 0 radical (unpaired) electrons. The van der Waals surface area contributed by atoms with Crippen molar-refractivity contribution in [3.8, 4) is 0 Å². The molecule has 6 heteroatoms. The highest BCUT2D eigenvalue weighted by Crippen LogP contribution is 2.23. The zero-order chi connectivity index (χ0) is 13.7. The van der Waals surface area contributed by atoms with Crippen LogP contribution in [0.25, 0.3) is 0 Å². The first kappa shape index (κ1) is 14.2. The van der Waals surface area contributed by atoms with E-state index in [2.05, 4.69) is 17.5 Å². The lowest BCUT2D eigenvalue weighted by Gasteiger charge is -2.03. The highest BCUT2D eigenvalue weighted by atomic mass is 35.5. The fourth-order valence-corrected chi connectivity index (χ4v) is 3.20. The van der Waals surface area contributed by atoms with Crippen molar-refractivity contribution >= 4 is 45.9 Å². The molecule has 0 saturated heterocycles. The minimum atomic E-state index is -0.175.